The van der Waals surface area contributed by atoms with Crippen molar-refractivity contribution in [2.45, 2.75) is 32.9 Å². The molecule has 3 rings (SSSR count). The molecule has 1 unspecified atom stereocenters. The Morgan fingerprint density at radius 2 is 1.96 bits per heavy atom. The highest BCUT2D eigenvalue weighted by Gasteiger charge is 2.43. The predicted octanol–water partition coefficient (Wildman–Crippen LogP) is 2.59. The van der Waals surface area contributed by atoms with Crippen LogP contribution in [0.15, 0.2) is 36.4 Å². The quantitative estimate of drug-likeness (QED) is 0.850. The molecule has 25 heavy (non-hydrogen) atoms. The molecule has 1 aromatic carbocycles. The number of ketones is 2. The van der Waals surface area contributed by atoms with Gasteiger partial charge in [0, 0.05) is 35.5 Å². The largest absolute Gasteiger partial charge is 0.346 e. The number of nitrogens with one attached hydrogen (secondary N) is 1. The molecule has 0 radical (unpaired) electrons. The summed E-state index contributed by atoms with van der Waals surface area (Å²) in [6, 6.07) is 11.1. The molecule has 2 heterocycles. The van der Waals surface area contributed by atoms with Gasteiger partial charge in [-0.25, -0.2) is 0 Å². The Labute approximate surface area is 148 Å². The summed E-state index contributed by atoms with van der Waals surface area (Å²) in [4.78, 5) is 25.7. The molecule has 2 aromatic rings. The van der Waals surface area contributed by atoms with Crippen LogP contribution in [0.2, 0.25) is 0 Å². The molecular formula is C20H24N2O3. The van der Waals surface area contributed by atoms with E-state index < -0.39 is 5.72 Å². The van der Waals surface area contributed by atoms with Crippen molar-refractivity contribution in [2.24, 2.45) is 0 Å². The monoisotopic (exact) mass is 340 g/mol. The maximum absolute atomic E-state index is 12.9. The number of rotatable bonds is 5. The van der Waals surface area contributed by atoms with Crippen LogP contribution in [0.5, 0.6) is 0 Å². The average molecular weight is 340 g/mol. The smallest absolute Gasteiger partial charge is 0.217 e. The zero-order valence-corrected chi connectivity index (χ0v) is 15.0. The number of aromatic nitrogens is 1. The SMILES string of the molecule is CCC(=O)C1(n2c(C)cc(C(=O)c3ccccc3)c2C)CNCCO1. The van der Waals surface area contributed by atoms with E-state index >= 15 is 0 Å². The molecule has 5 heteroatoms. The summed E-state index contributed by atoms with van der Waals surface area (Å²) in [5.41, 5.74) is 1.79. The van der Waals surface area contributed by atoms with Crippen LogP contribution in [0.25, 0.3) is 0 Å². The second kappa shape index (κ2) is 6.94. The van der Waals surface area contributed by atoms with Crippen molar-refractivity contribution in [3.05, 3.63) is 58.9 Å². The Hall–Kier alpha value is -2.24. The number of carbonyl (C=O) groups is 2. The number of benzene rings is 1. The highest BCUT2D eigenvalue weighted by Crippen LogP contribution is 2.30. The number of ether oxygens (including phenoxy) is 1. The molecule has 0 amide bonds. The molecule has 1 N–H and O–H groups in total. The van der Waals surface area contributed by atoms with Crippen LogP contribution in [0.1, 0.15) is 40.7 Å². The highest BCUT2D eigenvalue weighted by molar-refractivity contribution is 6.10. The second-order valence-electron chi connectivity index (χ2n) is 6.40. The Morgan fingerprint density at radius 3 is 2.56 bits per heavy atom. The number of morpholine rings is 1. The van der Waals surface area contributed by atoms with Gasteiger partial charge in [0.2, 0.25) is 5.72 Å². The number of hydrogen-bond acceptors (Lipinski definition) is 4. The van der Waals surface area contributed by atoms with Crippen LogP contribution < -0.4 is 5.32 Å². The first kappa shape index (κ1) is 17.6. The van der Waals surface area contributed by atoms with Crippen molar-refractivity contribution in [3.63, 3.8) is 0 Å². The van der Waals surface area contributed by atoms with Crippen LogP contribution in [0, 0.1) is 13.8 Å². The van der Waals surface area contributed by atoms with E-state index in [1.54, 1.807) is 12.1 Å². The van der Waals surface area contributed by atoms with E-state index in [9.17, 15) is 9.59 Å². The molecule has 0 spiro atoms. The third-order valence-electron chi connectivity index (χ3n) is 4.81. The van der Waals surface area contributed by atoms with E-state index in [4.69, 9.17) is 4.74 Å². The Balaban J connectivity index is 2.10. The van der Waals surface area contributed by atoms with Gasteiger partial charge in [0.15, 0.2) is 11.6 Å². The number of nitrogens with zero attached hydrogens (tertiary/aromatic N) is 1. The number of hydrogen-bond donors (Lipinski definition) is 1. The molecule has 1 fully saturated rings. The molecule has 1 atom stereocenters. The third-order valence-corrected chi connectivity index (χ3v) is 4.81. The van der Waals surface area contributed by atoms with Gasteiger partial charge >= 0.3 is 0 Å². The van der Waals surface area contributed by atoms with Gasteiger partial charge in [-0.15, -0.1) is 0 Å². The number of carbonyl (C=O) groups excluding carboxylic acids is 2. The maximum Gasteiger partial charge on any atom is 0.217 e. The lowest BCUT2D eigenvalue weighted by molar-refractivity contribution is -0.167. The Morgan fingerprint density at radius 1 is 1.24 bits per heavy atom. The van der Waals surface area contributed by atoms with Crippen LogP contribution in [0.3, 0.4) is 0 Å². The summed E-state index contributed by atoms with van der Waals surface area (Å²) in [6.45, 7) is 7.23. The van der Waals surface area contributed by atoms with Crippen molar-refractivity contribution in [1.82, 2.24) is 9.88 Å². The molecular weight excluding hydrogens is 316 g/mol. The summed E-state index contributed by atoms with van der Waals surface area (Å²) < 4.78 is 7.89. The standard InChI is InChI=1S/C20H24N2O3/c1-4-18(23)20(13-21-10-11-25-20)22-14(2)12-17(15(22)3)19(24)16-8-6-5-7-9-16/h5-9,12,21H,4,10-11,13H2,1-3H3. The van der Waals surface area contributed by atoms with Gasteiger partial charge in [0.05, 0.1) is 13.2 Å². The lowest BCUT2D eigenvalue weighted by Crippen LogP contribution is -2.57. The van der Waals surface area contributed by atoms with Gasteiger partial charge in [-0.3, -0.25) is 9.59 Å². The highest BCUT2D eigenvalue weighted by atomic mass is 16.5. The first-order valence-corrected chi connectivity index (χ1v) is 8.68. The summed E-state index contributed by atoms with van der Waals surface area (Å²) in [6.07, 6.45) is 0.376. The zero-order valence-electron chi connectivity index (χ0n) is 15.0. The number of aryl methyl sites for hydroxylation is 1. The summed E-state index contributed by atoms with van der Waals surface area (Å²) in [5, 5.41) is 3.26. The fourth-order valence-electron chi connectivity index (χ4n) is 3.62. The van der Waals surface area contributed by atoms with E-state index in [0.717, 1.165) is 11.4 Å². The Kier molecular flexibility index (Phi) is 4.88. The van der Waals surface area contributed by atoms with E-state index in [-0.39, 0.29) is 11.6 Å². The zero-order chi connectivity index (χ0) is 18.0. The average Bonchev–Trinajstić information content (AvgIpc) is 2.96. The van der Waals surface area contributed by atoms with Gasteiger partial charge in [-0.1, -0.05) is 37.3 Å². The van der Waals surface area contributed by atoms with E-state index in [1.807, 2.05) is 49.6 Å². The van der Waals surface area contributed by atoms with Crippen molar-refractivity contribution < 1.29 is 14.3 Å². The maximum atomic E-state index is 12.9. The van der Waals surface area contributed by atoms with Crippen LogP contribution in [-0.4, -0.2) is 35.8 Å². The van der Waals surface area contributed by atoms with Gasteiger partial charge < -0.3 is 14.6 Å². The van der Waals surface area contributed by atoms with Crippen molar-refractivity contribution in [3.8, 4) is 0 Å². The Bertz CT molecular complexity index is 787. The summed E-state index contributed by atoms with van der Waals surface area (Å²) >= 11 is 0. The lowest BCUT2D eigenvalue weighted by Gasteiger charge is -2.39. The van der Waals surface area contributed by atoms with Crippen LogP contribution in [-0.2, 0) is 15.3 Å². The fraction of sp³-hybridized carbons (Fsp3) is 0.400. The van der Waals surface area contributed by atoms with Crippen molar-refractivity contribution >= 4 is 11.6 Å². The molecule has 0 saturated carbocycles. The molecule has 1 aliphatic heterocycles. The fourth-order valence-corrected chi connectivity index (χ4v) is 3.62. The van der Waals surface area contributed by atoms with Gasteiger partial charge in [0.25, 0.3) is 0 Å². The van der Waals surface area contributed by atoms with Crippen LogP contribution in [0.4, 0.5) is 0 Å². The summed E-state index contributed by atoms with van der Waals surface area (Å²) in [7, 11) is 0. The molecule has 5 nitrogen and oxygen atoms in total. The first-order valence-electron chi connectivity index (χ1n) is 8.68. The van der Waals surface area contributed by atoms with E-state index in [2.05, 4.69) is 5.32 Å². The van der Waals surface area contributed by atoms with Gasteiger partial charge in [-0.2, -0.15) is 0 Å². The van der Waals surface area contributed by atoms with Gasteiger partial charge in [-0.05, 0) is 19.9 Å². The molecule has 132 valence electrons. The molecule has 0 bridgehead atoms. The predicted molar refractivity (Wildman–Crippen MR) is 95.9 cm³/mol. The molecule has 1 saturated heterocycles. The van der Waals surface area contributed by atoms with Crippen molar-refractivity contribution in [2.75, 3.05) is 19.7 Å². The topological polar surface area (TPSA) is 60.3 Å². The first-order chi connectivity index (χ1) is 12.0. The minimum absolute atomic E-state index is 0.0141. The summed E-state index contributed by atoms with van der Waals surface area (Å²) in [5.74, 6) is -0.0250. The molecule has 0 aliphatic carbocycles. The minimum Gasteiger partial charge on any atom is -0.346 e. The van der Waals surface area contributed by atoms with Crippen molar-refractivity contribution in [1.29, 1.82) is 0 Å². The lowest BCUT2D eigenvalue weighted by atomic mass is 10.0. The second-order valence-corrected chi connectivity index (χ2v) is 6.40. The minimum atomic E-state index is -1.07. The van der Waals surface area contributed by atoms with E-state index in [1.165, 1.54) is 0 Å². The molecule has 1 aliphatic rings. The normalized spacial score (nSPS) is 20.4. The number of Topliss-reactive ketones (excluding diaryl/α,β-unsaturated/α-hetero) is 1. The van der Waals surface area contributed by atoms with Crippen LogP contribution >= 0.6 is 0 Å². The molecule has 1 aromatic heterocycles. The third kappa shape index (κ3) is 2.94. The van der Waals surface area contributed by atoms with Gasteiger partial charge in [0.1, 0.15) is 0 Å². The van der Waals surface area contributed by atoms with E-state index in [0.29, 0.717) is 37.2 Å².